The number of carbonyl (C=O) groups is 1. The lowest BCUT2D eigenvalue weighted by Gasteiger charge is -2.09. The molecule has 1 aromatic carbocycles. The van der Waals surface area contributed by atoms with Crippen molar-refractivity contribution in [1.82, 2.24) is 10.2 Å². The van der Waals surface area contributed by atoms with Crippen LogP contribution in [0.5, 0.6) is 5.75 Å². The highest BCUT2D eigenvalue weighted by Gasteiger charge is 2.27. The minimum atomic E-state index is -0.0937. The summed E-state index contributed by atoms with van der Waals surface area (Å²) in [4.78, 5) is 11.9. The molecule has 2 aromatic rings. The smallest absolute Gasteiger partial charge is 0.229 e. The summed E-state index contributed by atoms with van der Waals surface area (Å²) in [6, 6.07) is 6.05. The fourth-order valence-corrected chi connectivity index (χ4v) is 3.01. The van der Waals surface area contributed by atoms with Crippen molar-refractivity contribution >= 4 is 22.4 Å². The fraction of sp³-hybridized carbons (Fsp3) is 0.438. The average molecular weight is 317 g/mol. The Bertz CT molecular complexity index is 680. The molecular weight excluding hydrogens is 298 g/mol. The van der Waals surface area contributed by atoms with Crippen molar-refractivity contribution in [3.8, 4) is 5.75 Å². The lowest BCUT2D eigenvalue weighted by molar-refractivity contribution is -0.116. The number of anilines is 1. The maximum atomic E-state index is 11.9. The van der Waals surface area contributed by atoms with Gasteiger partial charge in [0.15, 0.2) is 0 Å². The number of nitrogens with zero attached hydrogens (tertiary/aromatic N) is 2. The Hall–Kier alpha value is -1.95. The van der Waals surface area contributed by atoms with Gasteiger partial charge in [-0.2, -0.15) is 0 Å². The zero-order valence-corrected chi connectivity index (χ0v) is 13.6. The fourth-order valence-electron chi connectivity index (χ4n) is 2.08. The van der Waals surface area contributed by atoms with Gasteiger partial charge in [-0.15, -0.1) is 10.2 Å². The molecule has 1 amide bonds. The summed E-state index contributed by atoms with van der Waals surface area (Å²) in [6.45, 7) is 4.37. The molecule has 1 aliphatic carbocycles. The number of aromatic nitrogens is 2. The second kappa shape index (κ2) is 6.44. The van der Waals surface area contributed by atoms with E-state index in [0.29, 0.717) is 24.1 Å². The molecule has 0 radical (unpaired) electrons. The lowest BCUT2D eigenvalue weighted by Crippen LogP contribution is -2.15. The predicted octanol–water partition coefficient (Wildman–Crippen LogP) is 3.44. The van der Waals surface area contributed by atoms with E-state index in [-0.39, 0.29) is 5.91 Å². The third kappa shape index (κ3) is 3.82. The SMILES string of the molecule is Cc1ccc(C)c(OCCC(=O)Nc2nnc(C3CC3)s2)c1. The highest BCUT2D eigenvalue weighted by molar-refractivity contribution is 7.15. The summed E-state index contributed by atoms with van der Waals surface area (Å²) in [5.41, 5.74) is 2.22. The minimum absolute atomic E-state index is 0.0937. The first kappa shape index (κ1) is 15.0. The van der Waals surface area contributed by atoms with Crippen LogP contribution in [0.15, 0.2) is 18.2 Å². The van der Waals surface area contributed by atoms with Crippen molar-refractivity contribution < 1.29 is 9.53 Å². The zero-order chi connectivity index (χ0) is 15.5. The van der Waals surface area contributed by atoms with Crippen LogP contribution in [0.4, 0.5) is 5.13 Å². The summed E-state index contributed by atoms with van der Waals surface area (Å²) in [7, 11) is 0. The van der Waals surface area contributed by atoms with Crippen molar-refractivity contribution in [1.29, 1.82) is 0 Å². The monoisotopic (exact) mass is 317 g/mol. The van der Waals surface area contributed by atoms with E-state index >= 15 is 0 Å². The Morgan fingerprint density at radius 2 is 2.18 bits per heavy atom. The van der Waals surface area contributed by atoms with Gasteiger partial charge in [-0.05, 0) is 43.9 Å². The number of carbonyl (C=O) groups excluding carboxylic acids is 1. The Morgan fingerprint density at radius 1 is 1.36 bits per heavy atom. The van der Waals surface area contributed by atoms with Gasteiger partial charge in [0, 0.05) is 5.92 Å². The second-order valence-electron chi connectivity index (χ2n) is 5.64. The molecule has 0 aliphatic heterocycles. The predicted molar refractivity (Wildman–Crippen MR) is 86.5 cm³/mol. The molecule has 1 N–H and O–H groups in total. The van der Waals surface area contributed by atoms with Gasteiger partial charge in [0.2, 0.25) is 11.0 Å². The highest BCUT2D eigenvalue weighted by atomic mass is 32.1. The summed E-state index contributed by atoms with van der Waals surface area (Å²) in [5, 5.41) is 12.5. The molecule has 1 saturated carbocycles. The molecule has 1 aromatic heterocycles. The van der Waals surface area contributed by atoms with Gasteiger partial charge >= 0.3 is 0 Å². The number of benzene rings is 1. The highest BCUT2D eigenvalue weighted by Crippen LogP contribution is 2.42. The number of aryl methyl sites for hydroxylation is 2. The molecule has 1 fully saturated rings. The lowest BCUT2D eigenvalue weighted by atomic mass is 10.1. The Labute approximate surface area is 133 Å². The molecule has 0 bridgehead atoms. The summed E-state index contributed by atoms with van der Waals surface area (Å²) < 4.78 is 5.69. The number of hydrogen-bond donors (Lipinski definition) is 1. The Kier molecular flexibility index (Phi) is 4.38. The number of hydrogen-bond acceptors (Lipinski definition) is 5. The first-order valence-electron chi connectivity index (χ1n) is 7.45. The van der Waals surface area contributed by atoms with E-state index in [9.17, 15) is 4.79 Å². The normalized spacial score (nSPS) is 13.9. The van der Waals surface area contributed by atoms with Crippen LogP contribution in [0.25, 0.3) is 0 Å². The molecule has 0 unspecified atom stereocenters. The number of ether oxygens (including phenoxy) is 1. The topological polar surface area (TPSA) is 64.1 Å². The van der Waals surface area contributed by atoms with Gasteiger partial charge in [0.1, 0.15) is 10.8 Å². The molecule has 5 nitrogen and oxygen atoms in total. The summed E-state index contributed by atoms with van der Waals surface area (Å²) in [6.07, 6.45) is 2.67. The molecule has 0 spiro atoms. The van der Waals surface area contributed by atoms with Crippen molar-refractivity contribution in [2.75, 3.05) is 11.9 Å². The van der Waals surface area contributed by atoms with Gasteiger partial charge in [-0.1, -0.05) is 23.5 Å². The van der Waals surface area contributed by atoms with E-state index < -0.39 is 0 Å². The van der Waals surface area contributed by atoms with Crippen molar-refractivity contribution in [2.45, 2.75) is 39.0 Å². The van der Waals surface area contributed by atoms with Crippen LogP contribution in [0, 0.1) is 13.8 Å². The van der Waals surface area contributed by atoms with Gasteiger partial charge in [0.25, 0.3) is 0 Å². The molecular formula is C16H19N3O2S. The summed E-state index contributed by atoms with van der Waals surface area (Å²) in [5.74, 6) is 1.30. The van der Waals surface area contributed by atoms with E-state index in [0.717, 1.165) is 21.9 Å². The minimum Gasteiger partial charge on any atom is -0.493 e. The van der Waals surface area contributed by atoms with Crippen LogP contribution in [0.3, 0.4) is 0 Å². The van der Waals surface area contributed by atoms with E-state index in [1.54, 1.807) is 0 Å². The van der Waals surface area contributed by atoms with Crippen LogP contribution < -0.4 is 10.1 Å². The third-order valence-corrected chi connectivity index (χ3v) is 4.55. The van der Waals surface area contributed by atoms with E-state index in [4.69, 9.17) is 4.74 Å². The quantitative estimate of drug-likeness (QED) is 0.886. The molecule has 116 valence electrons. The first-order valence-corrected chi connectivity index (χ1v) is 8.27. The molecule has 1 heterocycles. The van der Waals surface area contributed by atoms with Crippen molar-refractivity contribution in [2.24, 2.45) is 0 Å². The van der Waals surface area contributed by atoms with E-state index in [1.165, 1.54) is 24.2 Å². The van der Waals surface area contributed by atoms with Gasteiger partial charge in [-0.25, -0.2) is 0 Å². The average Bonchev–Trinajstić information content (AvgIpc) is 3.23. The third-order valence-electron chi connectivity index (χ3n) is 3.54. The Balaban J connectivity index is 1.46. The van der Waals surface area contributed by atoms with Crippen LogP contribution in [-0.4, -0.2) is 22.7 Å². The van der Waals surface area contributed by atoms with Crippen molar-refractivity contribution in [3.05, 3.63) is 34.3 Å². The zero-order valence-electron chi connectivity index (χ0n) is 12.8. The van der Waals surface area contributed by atoms with Crippen molar-refractivity contribution in [3.63, 3.8) is 0 Å². The molecule has 3 rings (SSSR count). The van der Waals surface area contributed by atoms with E-state index in [2.05, 4.69) is 15.5 Å². The number of nitrogens with one attached hydrogen (secondary N) is 1. The molecule has 0 atom stereocenters. The first-order chi connectivity index (χ1) is 10.6. The van der Waals surface area contributed by atoms with Crippen LogP contribution >= 0.6 is 11.3 Å². The maximum Gasteiger partial charge on any atom is 0.229 e. The molecule has 0 saturated heterocycles. The largest absolute Gasteiger partial charge is 0.493 e. The summed E-state index contributed by atoms with van der Waals surface area (Å²) >= 11 is 1.47. The van der Waals surface area contributed by atoms with Crippen LogP contribution in [0.1, 0.15) is 41.3 Å². The Morgan fingerprint density at radius 3 is 2.95 bits per heavy atom. The maximum absolute atomic E-state index is 11.9. The number of rotatable bonds is 6. The van der Waals surface area contributed by atoms with Gasteiger partial charge < -0.3 is 10.1 Å². The van der Waals surface area contributed by atoms with Gasteiger partial charge in [0.05, 0.1) is 13.0 Å². The second-order valence-corrected chi connectivity index (χ2v) is 6.64. The molecule has 1 aliphatic rings. The molecule has 22 heavy (non-hydrogen) atoms. The molecule has 6 heteroatoms. The van der Waals surface area contributed by atoms with Crippen LogP contribution in [-0.2, 0) is 4.79 Å². The standard InChI is InChI=1S/C16H19N3O2S/c1-10-3-4-11(2)13(9-10)21-8-7-14(20)17-16-19-18-15(22-16)12-5-6-12/h3-4,9,12H,5-8H2,1-2H3,(H,17,19,20). The number of amides is 1. The van der Waals surface area contributed by atoms with E-state index in [1.807, 2.05) is 32.0 Å². The van der Waals surface area contributed by atoms with Crippen LogP contribution in [0.2, 0.25) is 0 Å². The van der Waals surface area contributed by atoms with Gasteiger partial charge in [-0.3, -0.25) is 4.79 Å².